The Morgan fingerprint density at radius 1 is 0.963 bits per heavy atom. The number of halogens is 2. The summed E-state index contributed by atoms with van der Waals surface area (Å²) < 4.78 is 5.72. The molecule has 0 bridgehead atoms. The van der Waals surface area contributed by atoms with Gasteiger partial charge in [-0.05, 0) is 29.7 Å². The van der Waals surface area contributed by atoms with Crippen LogP contribution in [0.2, 0.25) is 10.0 Å². The van der Waals surface area contributed by atoms with Gasteiger partial charge < -0.3 is 15.4 Å². The van der Waals surface area contributed by atoms with Gasteiger partial charge in [0.25, 0.3) is 0 Å². The lowest BCUT2D eigenvalue weighted by Crippen LogP contribution is -2.28. The Morgan fingerprint density at radius 3 is 2.63 bits per heavy atom. The molecule has 0 heterocycles. The van der Waals surface area contributed by atoms with E-state index in [1.165, 1.54) is 0 Å². The van der Waals surface area contributed by atoms with Gasteiger partial charge in [0.1, 0.15) is 12.4 Å². The van der Waals surface area contributed by atoms with Crippen LogP contribution in [0.5, 0.6) is 5.75 Å². The number of urea groups is 1. The van der Waals surface area contributed by atoms with Crippen molar-refractivity contribution in [2.24, 2.45) is 0 Å². The second-order valence-corrected chi connectivity index (χ2v) is 6.37. The normalized spacial score (nSPS) is 10.0. The Bertz CT molecular complexity index is 1020. The number of nitrogens with one attached hydrogen (secondary N) is 2. The summed E-state index contributed by atoms with van der Waals surface area (Å²) in [4.78, 5) is 11.8. The molecule has 0 atom stereocenters. The Morgan fingerprint density at radius 2 is 1.78 bits per heavy atom. The van der Waals surface area contributed by atoms with Crippen molar-refractivity contribution >= 4 is 45.7 Å². The topological polar surface area (TPSA) is 50.4 Å². The molecule has 6 heteroatoms. The first-order valence-corrected chi connectivity index (χ1v) is 8.95. The van der Waals surface area contributed by atoms with Crippen LogP contribution in [0.3, 0.4) is 0 Å². The highest BCUT2D eigenvalue weighted by Crippen LogP contribution is 2.25. The van der Waals surface area contributed by atoms with E-state index >= 15 is 0 Å². The van der Waals surface area contributed by atoms with Gasteiger partial charge in [-0.25, -0.2) is 4.79 Å². The van der Waals surface area contributed by atoms with Crippen LogP contribution in [0.25, 0.3) is 10.8 Å². The fraction of sp³-hybridized carbons (Fsp3) is 0.0952. The molecule has 2 amide bonds. The molecule has 0 fully saturated rings. The molecule has 2 N–H and O–H groups in total. The van der Waals surface area contributed by atoms with Crippen molar-refractivity contribution in [3.05, 3.63) is 70.7 Å². The zero-order chi connectivity index (χ0) is 19.1. The second kappa shape index (κ2) is 9.18. The summed E-state index contributed by atoms with van der Waals surface area (Å²) in [5.41, 5.74) is 0.550. The maximum Gasteiger partial charge on any atom is 0.319 e. The average molecular weight is 399 g/mol. The highest BCUT2D eigenvalue weighted by atomic mass is 35.5. The number of fused-ring (bicyclic) bond motifs is 1. The zero-order valence-corrected chi connectivity index (χ0v) is 15.8. The van der Waals surface area contributed by atoms with Crippen molar-refractivity contribution in [2.45, 2.75) is 0 Å². The fourth-order valence-electron chi connectivity index (χ4n) is 2.42. The van der Waals surface area contributed by atoms with E-state index in [4.69, 9.17) is 27.9 Å². The highest BCUT2D eigenvalue weighted by Gasteiger charge is 2.03. The van der Waals surface area contributed by atoms with E-state index in [2.05, 4.69) is 22.5 Å². The lowest BCUT2D eigenvalue weighted by atomic mass is 10.1. The number of amides is 2. The van der Waals surface area contributed by atoms with Crippen LogP contribution in [-0.2, 0) is 0 Å². The third kappa shape index (κ3) is 5.30. The Kier molecular flexibility index (Phi) is 6.43. The molecule has 0 aliphatic heterocycles. The minimum atomic E-state index is -0.377. The molecule has 3 aromatic carbocycles. The third-order valence-corrected chi connectivity index (χ3v) is 4.43. The minimum absolute atomic E-state index is 0.200. The van der Waals surface area contributed by atoms with Gasteiger partial charge in [0, 0.05) is 11.1 Å². The van der Waals surface area contributed by atoms with Gasteiger partial charge >= 0.3 is 6.03 Å². The standard InChI is InChI=1S/C21H16Cl2N2O2/c22-18-11-10-16(14-19(18)23)25-21(26)24-12-3-4-13-27-20-9-5-7-15-6-1-2-8-17(15)20/h1-2,5-11,14H,12-13H2,(H2,24,25,26). The summed E-state index contributed by atoms with van der Waals surface area (Å²) >= 11 is 11.7. The number of carbonyl (C=O) groups excluding carboxylic acids is 1. The number of carbonyl (C=O) groups is 1. The summed E-state index contributed by atoms with van der Waals surface area (Å²) in [5, 5.41) is 8.26. The van der Waals surface area contributed by atoms with Gasteiger partial charge in [0.15, 0.2) is 0 Å². The van der Waals surface area contributed by atoms with Gasteiger partial charge in [-0.1, -0.05) is 71.4 Å². The van der Waals surface area contributed by atoms with Gasteiger partial charge in [-0.3, -0.25) is 0 Å². The number of hydrogen-bond donors (Lipinski definition) is 2. The van der Waals surface area contributed by atoms with E-state index in [9.17, 15) is 4.79 Å². The van der Waals surface area contributed by atoms with E-state index in [1.807, 2.05) is 42.5 Å². The van der Waals surface area contributed by atoms with E-state index in [0.717, 1.165) is 16.5 Å². The van der Waals surface area contributed by atoms with Crippen molar-refractivity contribution in [3.8, 4) is 17.6 Å². The van der Waals surface area contributed by atoms with Gasteiger partial charge in [-0.15, -0.1) is 0 Å². The van der Waals surface area contributed by atoms with Crippen molar-refractivity contribution in [1.29, 1.82) is 0 Å². The number of hydrogen-bond acceptors (Lipinski definition) is 2. The molecular weight excluding hydrogens is 383 g/mol. The number of rotatable bonds is 4. The molecule has 0 aliphatic rings. The summed E-state index contributed by atoms with van der Waals surface area (Å²) in [6, 6.07) is 18.4. The van der Waals surface area contributed by atoms with Crippen molar-refractivity contribution in [1.82, 2.24) is 5.32 Å². The molecule has 0 unspecified atom stereocenters. The summed E-state index contributed by atoms with van der Waals surface area (Å²) in [7, 11) is 0. The zero-order valence-electron chi connectivity index (χ0n) is 14.3. The number of anilines is 1. The Hall–Kier alpha value is -2.87. The van der Waals surface area contributed by atoms with Gasteiger partial charge in [0.05, 0.1) is 16.6 Å². The van der Waals surface area contributed by atoms with Gasteiger partial charge in [-0.2, -0.15) is 0 Å². The Labute approximate surface area is 167 Å². The molecule has 0 saturated carbocycles. The molecule has 3 rings (SSSR count). The lowest BCUT2D eigenvalue weighted by molar-refractivity contribution is 0.253. The van der Waals surface area contributed by atoms with Crippen molar-refractivity contribution in [3.63, 3.8) is 0 Å². The molecule has 27 heavy (non-hydrogen) atoms. The largest absolute Gasteiger partial charge is 0.480 e. The monoisotopic (exact) mass is 398 g/mol. The first-order chi connectivity index (χ1) is 13.1. The maximum atomic E-state index is 11.8. The average Bonchev–Trinajstić information content (AvgIpc) is 2.67. The number of ether oxygens (including phenoxy) is 1. The summed E-state index contributed by atoms with van der Waals surface area (Å²) in [6.45, 7) is 0.441. The highest BCUT2D eigenvalue weighted by molar-refractivity contribution is 6.42. The fourth-order valence-corrected chi connectivity index (χ4v) is 2.72. The van der Waals surface area contributed by atoms with Crippen LogP contribution in [-0.4, -0.2) is 19.2 Å². The van der Waals surface area contributed by atoms with E-state index in [0.29, 0.717) is 15.7 Å². The number of benzene rings is 3. The molecule has 0 spiro atoms. The molecule has 0 aliphatic carbocycles. The molecule has 3 aromatic rings. The molecule has 0 aromatic heterocycles. The van der Waals surface area contributed by atoms with Crippen molar-refractivity contribution in [2.75, 3.05) is 18.5 Å². The summed E-state index contributed by atoms with van der Waals surface area (Å²) in [6.07, 6.45) is 0. The van der Waals surface area contributed by atoms with Crippen LogP contribution in [0.1, 0.15) is 0 Å². The lowest BCUT2D eigenvalue weighted by Gasteiger charge is -2.07. The molecule has 136 valence electrons. The van der Waals surface area contributed by atoms with Crippen molar-refractivity contribution < 1.29 is 9.53 Å². The van der Waals surface area contributed by atoms with E-state index in [1.54, 1.807) is 18.2 Å². The molecule has 0 radical (unpaired) electrons. The SMILES string of the molecule is O=C(NCC#CCOc1cccc2ccccc12)Nc1ccc(Cl)c(Cl)c1. The van der Waals surface area contributed by atoms with E-state index < -0.39 is 0 Å². The molecule has 4 nitrogen and oxygen atoms in total. The molecule has 0 saturated heterocycles. The van der Waals surface area contributed by atoms with Crippen LogP contribution in [0.15, 0.2) is 60.7 Å². The van der Waals surface area contributed by atoms with Crippen LogP contribution in [0, 0.1) is 11.8 Å². The van der Waals surface area contributed by atoms with Crippen LogP contribution >= 0.6 is 23.2 Å². The molecular formula is C21H16Cl2N2O2. The van der Waals surface area contributed by atoms with Crippen LogP contribution in [0.4, 0.5) is 10.5 Å². The first-order valence-electron chi connectivity index (χ1n) is 8.19. The smallest absolute Gasteiger partial charge is 0.319 e. The summed E-state index contributed by atoms with van der Waals surface area (Å²) in [5.74, 6) is 6.51. The predicted molar refractivity (Wildman–Crippen MR) is 111 cm³/mol. The van der Waals surface area contributed by atoms with Crippen LogP contribution < -0.4 is 15.4 Å². The van der Waals surface area contributed by atoms with Gasteiger partial charge in [0.2, 0.25) is 0 Å². The quantitative estimate of drug-likeness (QED) is 0.581. The first kappa shape index (κ1) is 18.9. The predicted octanol–water partition coefficient (Wildman–Crippen LogP) is 5.35. The third-order valence-electron chi connectivity index (χ3n) is 3.69. The Balaban J connectivity index is 1.45. The maximum absolute atomic E-state index is 11.8. The minimum Gasteiger partial charge on any atom is -0.480 e. The van der Waals surface area contributed by atoms with E-state index in [-0.39, 0.29) is 19.2 Å². The second-order valence-electron chi connectivity index (χ2n) is 5.56.